The van der Waals surface area contributed by atoms with E-state index in [-0.39, 0.29) is 5.54 Å². The first kappa shape index (κ1) is 17.9. The van der Waals surface area contributed by atoms with E-state index in [0.29, 0.717) is 12.1 Å². The van der Waals surface area contributed by atoms with Gasteiger partial charge in [0.1, 0.15) is 0 Å². The van der Waals surface area contributed by atoms with E-state index >= 15 is 0 Å². The van der Waals surface area contributed by atoms with Crippen LogP contribution in [0.2, 0.25) is 0 Å². The van der Waals surface area contributed by atoms with E-state index in [1.54, 1.807) is 0 Å². The highest BCUT2D eigenvalue weighted by molar-refractivity contribution is 4.94. The van der Waals surface area contributed by atoms with Crippen LogP contribution in [0.25, 0.3) is 0 Å². The summed E-state index contributed by atoms with van der Waals surface area (Å²) < 4.78 is 5.92. The van der Waals surface area contributed by atoms with E-state index in [0.717, 1.165) is 13.2 Å². The van der Waals surface area contributed by atoms with Crippen molar-refractivity contribution in [2.75, 3.05) is 26.2 Å². The third kappa shape index (κ3) is 5.71. The van der Waals surface area contributed by atoms with Crippen LogP contribution in [0.1, 0.15) is 66.7 Å². The molecular formula is C17H36N2O. The third-order valence-corrected chi connectivity index (χ3v) is 4.51. The normalized spacial score (nSPS) is 20.1. The standard InChI is InChI=1S/C17H36N2O/c1-6-11-18-16(14-20-15(2)3)17(4,5)19-12-9-7-8-10-13-19/h15-16,18H,6-14H2,1-5H3. The minimum atomic E-state index is 0.161. The summed E-state index contributed by atoms with van der Waals surface area (Å²) in [6.45, 7) is 15.6. The van der Waals surface area contributed by atoms with Crippen molar-refractivity contribution >= 4 is 0 Å². The van der Waals surface area contributed by atoms with Crippen LogP contribution in [0.3, 0.4) is 0 Å². The Hall–Kier alpha value is -0.120. The second kappa shape index (κ2) is 9.01. The number of likely N-dealkylation sites (tertiary alicyclic amines) is 1. The van der Waals surface area contributed by atoms with Gasteiger partial charge >= 0.3 is 0 Å². The zero-order valence-corrected chi connectivity index (χ0v) is 14.4. The Morgan fingerprint density at radius 3 is 2.20 bits per heavy atom. The van der Waals surface area contributed by atoms with Crippen LogP contribution in [-0.4, -0.2) is 48.8 Å². The summed E-state index contributed by atoms with van der Waals surface area (Å²) in [5.74, 6) is 0. The molecule has 1 heterocycles. The molecule has 1 rings (SSSR count). The highest BCUT2D eigenvalue weighted by Gasteiger charge is 2.35. The fourth-order valence-corrected chi connectivity index (χ4v) is 2.99. The van der Waals surface area contributed by atoms with E-state index in [1.165, 1.54) is 45.2 Å². The molecule has 1 atom stereocenters. The van der Waals surface area contributed by atoms with Gasteiger partial charge < -0.3 is 10.1 Å². The van der Waals surface area contributed by atoms with Gasteiger partial charge in [0, 0.05) is 11.6 Å². The zero-order chi connectivity index (χ0) is 15.0. The molecule has 0 aromatic heterocycles. The lowest BCUT2D eigenvalue weighted by atomic mass is 9.92. The van der Waals surface area contributed by atoms with Crippen molar-refractivity contribution in [3.63, 3.8) is 0 Å². The molecule has 0 saturated carbocycles. The SMILES string of the molecule is CCCNC(COC(C)C)C(C)(C)N1CCCCCC1. The predicted molar refractivity (Wildman–Crippen MR) is 87.3 cm³/mol. The minimum Gasteiger partial charge on any atom is -0.377 e. The Balaban J connectivity index is 2.67. The van der Waals surface area contributed by atoms with Crippen LogP contribution in [0, 0.1) is 0 Å². The first-order chi connectivity index (χ1) is 9.48. The van der Waals surface area contributed by atoms with Gasteiger partial charge in [-0.05, 0) is 66.6 Å². The Morgan fingerprint density at radius 2 is 1.70 bits per heavy atom. The summed E-state index contributed by atoms with van der Waals surface area (Å²) >= 11 is 0. The molecule has 120 valence electrons. The van der Waals surface area contributed by atoms with Gasteiger partial charge in [-0.2, -0.15) is 0 Å². The molecule has 1 saturated heterocycles. The number of hydrogen-bond acceptors (Lipinski definition) is 3. The maximum atomic E-state index is 5.92. The average molecular weight is 284 g/mol. The molecule has 0 radical (unpaired) electrons. The molecule has 1 unspecified atom stereocenters. The van der Waals surface area contributed by atoms with E-state index in [1.807, 2.05) is 0 Å². The van der Waals surface area contributed by atoms with Crippen LogP contribution in [0.4, 0.5) is 0 Å². The largest absolute Gasteiger partial charge is 0.377 e. The molecule has 0 spiro atoms. The molecule has 20 heavy (non-hydrogen) atoms. The average Bonchev–Trinajstić information content (AvgIpc) is 2.67. The maximum absolute atomic E-state index is 5.92. The van der Waals surface area contributed by atoms with Gasteiger partial charge in [0.15, 0.2) is 0 Å². The number of nitrogens with one attached hydrogen (secondary N) is 1. The van der Waals surface area contributed by atoms with E-state index in [4.69, 9.17) is 4.74 Å². The van der Waals surface area contributed by atoms with Gasteiger partial charge in [0.05, 0.1) is 12.7 Å². The second-order valence-corrected chi connectivity index (χ2v) is 6.94. The Bertz CT molecular complexity index is 245. The van der Waals surface area contributed by atoms with Crippen LogP contribution >= 0.6 is 0 Å². The minimum absolute atomic E-state index is 0.161. The molecule has 1 N–H and O–H groups in total. The highest BCUT2D eigenvalue weighted by atomic mass is 16.5. The quantitative estimate of drug-likeness (QED) is 0.739. The van der Waals surface area contributed by atoms with Gasteiger partial charge in [0.25, 0.3) is 0 Å². The Labute approximate surface area is 126 Å². The predicted octanol–water partition coefficient (Wildman–Crippen LogP) is 3.43. The summed E-state index contributed by atoms with van der Waals surface area (Å²) in [6.07, 6.45) is 6.95. The zero-order valence-electron chi connectivity index (χ0n) is 14.4. The third-order valence-electron chi connectivity index (χ3n) is 4.51. The summed E-state index contributed by atoms with van der Waals surface area (Å²) in [5, 5.41) is 3.72. The molecule has 0 amide bonds. The maximum Gasteiger partial charge on any atom is 0.0641 e. The molecule has 1 fully saturated rings. The van der Waals surface area contributed by atoms with Crippen molar-refractivity contribution in [2.45, 2.75) is 84.4 Å². The first-order valence-corrected chi connectivity index (χ1v) is 8.58. The lowest BCUT2D eigenvalue weighted by Gasteiger charge is -2.44. The fourth-order valence-electron chi connectivity index (χ4n) is 2.99. The number of nitrogens with zero attached hydrogens (tertiary/aromatic N) is 1. The molecule has 0 aliphatic carbocycles. The van der Waals surface area contributed by atoms with E-state index in [9.17, 15) is 0 Å². The van der Waals surface area contributed by atoms with Crippen molar-refractivity contribution in [1.29, 1.82) is 0 Å². The summed E-state index contributed by atoms with van der Waals surface area (Å²) in [7, 11) is 0. The Kier molecular flexibility index (Phi) is 8.08. The molecule has 0 bridgehead atoms. The van der Waals surface area contributed by atoms with Crippen molar-refractivity contribution in [3.05, 3.63) is 0 Å². The monoisotopic (exact) mass is 284 g/mol. The molecular weight excluding hydrogens is 248 g/mol. The van der Waals surface area contributed by atoms with Crippen LogP contribution in [-0.2, 0) is 4.74 Å². The fraction of sp³-hybridized carbons (Fsp3) is 1.00. The van der Waals surface area contributed by atoms with Crippen molar-refractivity contribution in [2.24, 2.45) is 0 Å². The summed E-state index contributed by atoms with van der Waals surface area (Å²) in [6, 6.07) is 0.406. The number of rotatable bonds is 8. The van der Waals surface area contributed by atoms with E-state index < -0.39 is 0 Å². The molecule has 3 heteroatoms. The van der Waals surface area contributed by atoms with Crippen molar-refractivity contribution < 1.29 is 4.74 Å². The number of hydrogen-bond donors (Lipinski definition) is 1. The molecule has 0 aromatic carbocycles. The molecule has 0 aromatic rings. The Morgan fingerprint density at radius 1 is 1.10 bits per heavy atom. The smallest absolute Gasteiger partial charge is 0.0641 e. The summed E-state index contributed by atoms with van der Waals surface area (Å²) in [4.78, 5) is 2.68. The second-order valence-electron chi connectivity index (χ2n) is 6.94. The highest BCUT2D eigenvalue weighted by Crippen LogP contribution is 2.24. The van der Waals surface area contributed by atoms with Crippen LogP contribution < -0.4 is 5.32 Å². The summed E-state index contributed by atoms with van der Waals surface area (Å²) in [5.41, 5.74) is 0.161. The number of ether oxygens (including phenoxy) is 1. The van der Waals surface area contributed by atoms with Gasteiger partial charge in [0.2, 0.25) is 0 Å². The topological polar surface area (TPSA) is 24.5 Å². The molecule has 1 aliphatic rings. The van der Waals surface area contributed by atoms with E-state index in [2.05, 4.69) is 44.8 Å². The van der Waals surface area contributed by atoms with Crippen LogP contribution in [0.5, 0.6) is 0 Å². The van der Waals surface area contributed by atoms with Gasteiger partial charge in [-0.1, -0.05) is 19.8 Å². The lowest BCUT2D eigenvalue weighted by Crippen LogP contribution is -2.60. The van der Waals surface area contributed by atoms with Crippen LogP contribution in [0.15, 0.2) is 0 Å². The molecule has 1 aliphatic heterocycles. The van der Waals surface area contributed by atoms with Gasteiger partial charge in [-0.15, -0.1) is 0 Å². The van der Waals surface area contributed by atoms with Crippen molar-refractivity contribution in [1.82, 2.24) is 10.2 Å². The van der Waals surface area contributed by atoms with Gasteiger partial charge in [-0.3, -0.25) is 4.90 Å². The lowest BCUT2D eigenvalue weighted by molar-refractivity contribution is 0.00464. The van der Waals surface area contributed by atoms with Gasteiger partial charge in [-0.25, -0.2) is 0 Å². The van der Waals surface area contributed by atoms with Crippen molar-refractivity contribution in [3.8, 4) is 0 Å². The first-order valence-electron chi connectivity index (χ1n) is 8.58. The molecule has 3 nitrogen and oxygen atoms in total.